The van der Waals surface area contributed by atoms with E-state index in [0.29, 0.717) is 0 Å². The molecule has 0 saturated heterocycles. The van der Waals surface area contributed by atoms with E-state index >= 15 is 0 Å². The Balaban J connectivity index is 2.00. The third-order valence-corrected chi connectivity index (χ3v) is 3.23. The summed E-state index contributed by atoms with van der Waals surface area (Å²) in [4.78, 5) is 3.82. The third kappa shape index (κ3) is 2.49. The normalized spacial score (nSPS) is 12.0. The van der Waals surface area contributed by atoms with Gasteiger partial charge >= 0.3 is 0 Å². The summed E-state index contributed by atoms with van der Waals surface area (Å²) in [6.45, 7) is -0.696. The van der Waals surface area contributed by atoms with Gasteiger partial charge in [0.1, 0.15) is 0 Å². The van der Waals surface area contributed by atoms with Crippen molar-refractivity contribution in [1.29, 1.82) is 0 Å². The van der Waals surface area contributed by atoms with E-state index in [9.17, 15) is 17.6 Å². The predicted octanol–water partition coefficient (Wildman–Crippen LogP) is 4.11. The van der Waals surface area contributed by atoms with Gasteiger partial charge in [-0.3, -0.25) is 0 Å². The maximum Gasteiger partial charge on any atom is 0.290 e. The molecular formula is C15H10F4N2. The van der Waals surface area contributed by atoms with E-state index in [1.54, 1.807) is 6.07 Å². The van der Waals surface area contributed by atoms with Crippen molar-refractivity contribution in [2.45, 2.75) is 12.5 Å². The van der Waals surface area contributed by atoms with Crippen molar-refractivity contribution >= 4 is 11.0 Å². The van der Waals surface area contributed by atoms with E-state index < -0.39 is 24.1 Å². The molecule has 0 radical (unpaired) electrons. The fourth-order valence-corrected chi connectivity index (χ4v) is 2.17. The van der Waals surface area contributed by atoms with Gasteiger partial charge in [-0.1, -0.05) is 30.3 Å². The van der Waals surface area contributed by atoms with E-state index in [-0.39, 0.29) is 16.6 Å². The van der Waals surface area contributed by atoms with Crippen LogP contribution in [0.2, 0.25) is 0 Å². The van der Waals surface area contributed by atoms with Gasteiger partial charge in [-0.15, -0.1) is 0 Å². The molecule has 0 N–H and O–H groups in total. The predicted molar refractivity (Wildman–Crippen MR) is 70.0 cm³/mol. The van der Waals surface area contributed by atoms with E-state index in [4.69, 9.17) is 0 Å². The molecular weight excluding hydrogens is 284 g/mol. The van der Waals surface area contributed by atoms with Crippen molar-refractivity contribution in [3.8, 4) is 0 Å². The average Bonchev–Trinajstić information content (AvgIpc) is 2.82. The minimum Gasteiger partial charge on any atom is -0.324 e. The van der Waals surface area contributed by atoms with Crippen molar-refractivity contribution < 1.29 is 17.6 Å². The van der Waals surface area contributed by atoms with Crippen molar-refractivity contribution in [3.05, 3.63) is 66.0 Å². The van der Waals surface area contributed by atoms with Crippen LogP contribution in [0.3, 0.4) is 0 Å². The SMILES string of the molecule is Fc1cc2ncn(CC(F)(F)c3ccccc3)c2cc1F. The Morgan fingerprint density at radius 3 is 2.38 bits per heavy atom. The second-order valence-electron chi connectivity index (χ2n) is 4.70. The van der Waals surface area contributed by atoms with Crippen molar-refractivity contribution in [1.82, 2.24) is 9.55 Å². The molecule has 0 atom stereocenters. The van der Waals surface area contributed by atoms with E-state index in [1.165, 1.54) is 24.3 Å². The summed E-state index contributed by atoms with van der Waals surface area (Å²) in [7, 11) is 0. The second kappa shape index (κ2) is 4.87. The Morgan fingerprint density at radius 1 is 1.00 bits per heavy atom. The molecule has 2 nitrogen and oxygen atoms in total. The van der Waals surface area contributed by atoms with E-state index in [1.807, 2.05) is 0 Å². The number of hydrogen-bond acceptors (Lipinski definition) is 1. The summed E-state index contributed by atoms with van der Waals surface area (Å²) < 4.78 is 55.9. The molecule has 0 aliphatic heterocycles. The van der Waals surface area contributed by atoms with Crippen LogP contribution in [0.5, 0.6) is 0 Å². The Morgan fingerprint density at radius 2 is 1.67 bits per heavy atom. The van der Waals surface area contributed by atoms with Gasteiger partial charge in [-0.25, -0.2) is 13.8 Å². The Labute approximate surface area is 117 Å². The number of halogens is 4. The minimum atomic E-state index is -3.14. The number of imidazole rings is 1. The number of nitrogens with zero attached hydrogens (tertiary/aromatic N) is 2. The second-order valence-corrected chi connectivity index (χ2v) is 4.70. The Bertz CT molecular complexity index is 781. The van der Waals surface area contributed by atoms with Crippen molar-refractivity contribution in [2.75, 3.05) is 0 Å². The summed E-state index contributed by atoms with van der Waals surface area (Å²) in [6.07, 6.45) is 1.15. The first-order chi connectivity index (χ1) is 9.97. The quantitative estimate of drug-likeness (QED) is 0.665. The number of aromatic nitrogens is 2. The molecule has 1 aromatic heterocycles. The minimum absolute atomic E-state index is 0.129. The van der Waals surface area contributed by atoms with E-state index in [2.05, 4.69) is 4.98 Å². The van der Waals surface area contributed by atoms with Crippen LogP contribution in [0.25, 0.3) is 11.0 Å². The summed E-state index contributed by atoms with van der Waals surface area (Å²) >= 11 is 0. The molecule has 0 spiro atoms. The molecule has 0 fully saturated rings. The van der Waals surface area contributed by atoms with Gasteiger partial charge in [-0.05, 0) is 0 Å². The standard InChI is InChI=1S/C15H10F4N2/c16-11-6-13-14(7-12(11)17)21(9-20-13)8-15(18,19)10-4-2-1-3-5-10/h1-7,9H,8H2. The zero-order valence-electron chi connectivity index (χ0n) is 10.7. The molecule has 0 saturated carbocycles. The Hall–Kier alpha value is -2.37. The molecule has 0 aliphatic carbocycles. The lowest BCUT2D eigenvalue weighted by molar-refractivity contribution is -0.0212. The van der Waals surface area contributed by atoms with Crippen molar-refractivity contribution in [2.24, 2.45) is 0 Å². The first-order valence-electron chi connectivity index (χ1n) is 6.20. The molecule has 0 unspecified atom stereocenters. The summed E-state index contributed by atoms with van der Waals surface area (Å²) in [5.41, 5.74) is 0.122. The summed E-state index contributed by atoms with van der Waals surface area (Å²) in [6, 6.07) is 9.08. The largest absolute Gasteiger partial charge is 0.324 e. The van der Waals surface area contributed by atoms with Crippen LogP contribution in [0.15, 0.2) is 48.8 Å². The van der Waals surface area contributed by atoms with Gasteiger partial charge < -0.3 is 4.57 Å². The summed E-state index contributed by atoms with van der Waals surface area (Å²) in [5.74, 6) is -5.28. The first-order valence-corrected chi connectivity index (χ1v) is 6.20. The molecule has 0 bridgehead atoms. The molecule has 3 rings (SSSR count). The fourth-order valence-electron chi connectivity index (χ4n) is 2.17. The number of benzene rings is 2. The lowest BCUT2D eigenvalue weighted by Gasteiger charge is -2.17. The monoisotopic (exact) mass is 294 g/mol. The number of hydrogen-bond donors (Lipinski definition) is 0. The maximum absolute atomic E-state index is 14.2. The van der Waals surface area contributed by atoms with Gasteiger partial charge in [0.15, 0.2) is 11.6 Å². The summed E-state index contributed by atoms with van der Waals surface area (Å²) in [5, 5.41) is 0. The highest BCUT2D eigenvalue weighted by Crippen LogP contribution is 2.31. The van der Waals surface area contributed by atoms with Gasteiger partial charge in [-0.2, -0.15) is 8.78 Å². The van der Waals surface area contributed by atoms with Gasteiger partial charge in [0, 0.05) is 17.7 Å². The molecule has 1 heterocycles. The van der Waals surface area contributed by atoms with Crippen LogP contribution < -0.4 is 0 Å². The lowest BCUT2D eigenvalue weighted by atomic mass is 10.1. The average molecular weight is 294 g/mol. The highest BCUT2D eigenvalue weighted by atomic mass is 19.3. The van der Waals surface area contributed by atoms with Crippen LogP contribution in [0, 0.1) is 11.6 Å². The van der Waals surface area contributed by atoms with Crippen LogP contribution in [-0.4, -0.2) is 9.55 Å². The third-order valence-electron chi connectivity index (χ3n) is 3.23. The van der Waals surface area contributed by atoms with Crippen LogP contribution >= 0.6 is 0 Å². The molecule has 108 valence electrons. The number of fused-ring (bicyclic) bond motifs is 1. The van der Waals surface area contributed by atoms with Crippen LogP contribution in [0.1, 0.15) is 5.56 Å². The molecule has 0 amide bonds. The topological polar surface area (TPSA) is 17.8 Å². The molecule has 6 heteroatoms. The molecule has 2 aromatic carbocycles. The number of alkyl halides is 2. The lowest BCUT2D eigenvalue weighted by Crippen LogP contribution is -2.20. The molecule has 3 aromatic rings. The fraction of sp³-hybridized carbons (Fsp3) is 0.133. The zero-order valence-corrected chi connectivity index (χ0v) is 10.7. The van der Waals surface area contributed by atoms with Crippen LogP contribution in [0.4, 0.5) is 17.6 Å². The molecule has 21 heavy (non-hydrogen) atoms. The Kier molecular flexibility index (Phi) is 3.16. The van der Waals surface area contributed by atoms with Gasteiger partial charge in [0.2, 0.25) is 0 Å². The van der Waals surface area contributed by atoms with Crippen LogP contribution in [-0.2, 0) is 12.5 Å². The first kappa shape index (κ1) is 13.6. The van der Waals surface area contributed by atoms with Gasteiger partial charge in [0.05, 0.1) is 23.9 Å². The zero-order chi connectivity index (χ0) is 15.0. The highest BCUT2D eigenvalue weighted by Gasteiger charge is 2.32. The smallest absolute Gasteiger partial charge is 0.290 e. The molecule has 0 aliphatic rings. The highest BCUT2D eigenvalue weighted by molar-refractivity contribution is 5.75. The maximum atomic E-state index is 14.2. The van der Waals surface area contributed by atoms with E-state index in [0.717, 1.165) is 23.0 Å². The number of rotatable bonds is 3. The van der Waals surface area contributed by atoms with Gasteiger partial charge in [0.25, 0.3) is 5.92 Å². The van der Waals surface area contributed by atoms with Crippen molar-refractivity contribution in [3.63, 3.8) is 0 Å².